The van der Waals surface area contributed by atoms with Crippen molar-refractivity contribution in [3.63, 3.8) is 0 Å². The van der Waals surface area contributed by atoms with Gasteiger partial charge in [-0.2, -0.15) is 0 Å². The molecule has 2 aromatic heterocycles. The van der Waals surface area contributed by atoms with E-state index in [1.165, 1.54) is 31.1 Å². The molecule has 92 valence electrons. The summed E-state index contributed by atoms with van der Waals surface area (Å²) in [5, 5.41) is 11.2. The summed E-state index contributed by atoms with van der Waals surface area (Å²) in [6.45, 7) is 0. The highest BCUT2D eigenvalue weighted by Gasteiger charge is 2.17. The van der Waals surface area contributed by atoms with Crippen LogP contribution in [0.3, 0.4) is 0 Å². The first-order valence-electron chi connectivity index (χ1n) is 5.01. The van der Waals surface area contributed by atoms with Gasteiger partial charge in [0.15, 0.2) is 0 Å². The Bertz CT molecular complexity index is 565. The van der Waals surface area contributed by atoms with E-state index in [1.54, 1.807) is 0 Å². The Kier molecular flexibility index (Phi) is 3.33. The summed E-state index contributed by atoms with van der Waals surface area (Å²) in [5.74, 6) is -1.42. The molecule has 0 bridgehead atoms. The number of nitrogens with zero attached hydrogens (tertiary/aromatic N) is 2. The van der Waals surface area contributed by atoms with Gasteiger partial charge >= 0.3 is 5.97 Å². The second-order valence-electron chi connectivity index (χ2n) is 3.41. The van der Waals surface area contributed by atoms with E-state index >= 15 is 0 Å². The molecule has 0 spiro atoms. The lowest BCUT2D eigenvalue weighted by molar-refractivity contribution is -0.136. The zero-order valence-electron chi connectivity index (χ0n) is 9.16. The Hall–Kier alpha value is -2.70. The average molecular weight is 247 g/mol. The van der Waals surface area contributed by atoms with E-state index in [0.717, 1.165) is 0 Å². The van der Waals surface area contributed by atoms with E-state index in [0.29, 0.717) is 5.69 Å². The van der Waals surface area contributed by atoms with Gasteiger partial charge in [-0.25, -0.2) is 9.97 Å². The second-order valence-corrected chi connectivity index (χ2v) is 3.41. The van der Waals surface area contributed by atoms with Gasteiger partial charge in [-0.3, -0.25) is 9.59 Å². The quantitative estimate of drug-likeness (QED) is 0.833. The van der Waals surface area contributed by atoms with Crippen molar-refractivity contribution in [1.82, 2.24) is 9.97 Å². The van der Waals surface area contributed by atoms with Crippen molar-refractivity contribution in [2.75, 3.05) is 5.32 Å². The van der Waals surface area contributed by atoms with Crippen LogP contribution >= 0.6 is 0 Å². The topological polar surface area (TPSA) is 105 Å². The van der Waals surface area contributed by atoms with Gasteiger partial charge in [-0.15, -0.1) is 0 Å². The lowest BCUT2D eigenvalue weighted by Gasteiger charge is -2.03. The molecule has 0 atom stereocenters. The highest BCUT2D eigenvalue weighted by molar-refractivity contribution is 6.05. The maximum Gasteiger partial charge on any atom is 0.311 e. The number of rotatable bonds is 4. The normalized spacial score (nSPS) is 10.0. The summed E-state index contributed by atoms with van der Waals surface area (Å²) in [6, 6.07) is 1.41. The molecule has 2 aromatic rings. The van der Waals surface area contributed by atoms with Crippen LogP contribution in [-0.2, 0) is 11.2 Å². The van der Waals surface area contributed by atoms with Crippen molar-refractivity contribution >= 4 is 17.6 Å². The van der Waals surface area contributed by atoms with Crippen molar-refractivity contribution in [3.8, 4) is 0 Å². The number of aliphatic carboxylic acids is 1. The summed E-state index contributed by atoms with van der Waals surface area (Å²) in [5.41, 5.74) is 0.603. The Morgan fingerprint density at radius 3 is 2.72 bits per heavy atom. The molecule has 0 aliphatic carbocycles. The number of nitrogens with one attached hydrogen (secondary N) is 1. The molecule has 0 fully saturated rings. The first-order valence-corrected chi connectivity index (χ1v) is 5.01. The molecule has 2 N–H and O–H groups in total. The summed E-state index contributed by atoms with van der Waals surface area (Å²) in [7, 11) is 0. The summed E-state index contributed by atoms with van der Waals surface area (Å²) < 4.78 is 4.96. The molecule has 0 saturated heterocycles. The van der Waals surface area contributed by atoms with Crippen LogP contribution in [0.1, 0.15) is 16.1 Å². The molecule has 2 heterocycles. The number of hydrogen-bond acceptors (Lipinski definition) is 5. The summed E-state index contributed by atoms with van der Waals surface area (Å²) in [6.07, 6.45) is 5.13. The Balaban J connectivity index is 2.14. The van der Waals surface area contributed by atoms with Crippen LogP contribution in [0.5, 0.6) is 0 Å². The number of furan rings is 1. The molecule has 0 aliphatic rings. The van der Waals surface area contributed by atoms with E-state index in [1.807, 2.05) is 0 Å². The van der Waals surface area contributed by atoms with Crippen molar-refractivity contribution in [2.24, 2.45) is 0 Å². The SMILES string of the molecule is O=C(O)Cc1occc1C(=O)Nc1cncnc1. The number of carboxylic acids is 1. The Morgan fingerprint density at radius 2 is 2.06 bits per heavy atom. The third-order valence-electron chi connectivity index (χ3n) is 2.12. The molecule has 0 unspecified atom stereocenters. The maximum atomic E-state index is 11.9. The molecule has 7 nitrogen and oxygen atoms in total. The van der Waals surface area contributed by atoms with Crippen molar-refractivity contribution < 1.29 is 19.1 Å². The first kappa shape index (κ1) is 11.8. The molecule has 0 radical (unpaired) electrons. The van der Waals surface area contributed by atoms with Crippen LogP contribution in [0, 0.1) is 0 Å². The molecule has 18 heavy (non-hydrogen) atoms. The smallest absolute Gasteiger partial charge is 0.311 e. The molecule has 0 aliphatic heterocycles. The van der Waals surface area contributed by atoms with Crippen LogP contribution in [0.15, 0.2) is 35.5 Å². The second kappa shape index (κ2) is 5.09. The van der Waals surface area contributed by atoms with Gasteiger partial charge in [0.2, 0.25) is 0 Å². The molecular formula is C11H9N3O4. The number of anilines is 1. The fraction of sp³-hybridized carbons (Fsp3) is 0.0909. The highest BCUT2D eigenvalue weighted by Crippen LogP contribution is 2.13. The zero-order valence-corrected chi connectivity index (χ0v) is 9.16. The van der Waals surface area contributed by atoms with Crippen molar-refractivity contribution in [3.05, 3.63) is 42.4 Å². The van der Waals surface area contributed by atoms with E-state index in [2.05, 4.69) is 15.3 Å². The number of amides is 1. The number of aromatic nitrogens is 2. The highest BCUT2D eigenvalue weighted by atomic mass is 16.4. The molecule has 0 aromatic carbocycles. The minimum Gasteiger partial charge on any atom is -0.481 e. The van der Waals surface area contributed by atoms with Gasteiger partial charge in [-0.1, -0.05) is 0 Å². The average Bonchev–Trinajstić information content (AvgIpc) is 2.77. The molecule has 0 saturated carbocycles. The minimum atomic E-state index is -1.07. The fourth-order valence-electron chi connectivity index (χ4n) is 1.38. The van der Waals surface area contributed by atoms with Gasteiger partial charge in [0.25, 0.3) is 5.91 Å². The number of hydrogen-bond donors (Lipinski definition) is 2. The van der Waals surface area contributed by atoms with Gasteiger partial charge in [0.1, 0.15) is 18.5 Å². The van der Waals surface area contributed by atoms with Gasteiger partial charge in [0.05, 0.1) is 29.9 Å². The fourth-order valence-corrected chi connectivity index (χ4v) is 1.38. The Morgan fingerprint density at radius 1 is 1.33 bits per heavy atom. The molecular weight excluding hydrogens is 238 g/mol. The van der Waals surface area contributed by atoms with Crippen molar-refractivity contribution in [2.45, 2.75) is 6.42 Å². The van der Waals surface area contributed by atoms with Crippen LogP contribution in [0.25, 0.3) is 0 Å². The summed E-state index contributed by atoms with van der Waals surface area (Å²) >= 11 is 0. The van der Waals surface area contributed by atoms with Gasteiger partial charge in [0, 0.05) is 0 Å². The molecule has 1 amide bonds. The molecule has 2 rings (SSSR count). The number of carbonyl (C=O) groups is 2. The number of carboxylic acid groups (broad SMARTS) is 1. The van der Waals surface area contributed by atoms with Crippen LogP contribution in [0.4, 0.5) is 5.69 Å². The van der Waals surface area contributed by atoms with Crippen LogP contribution in [0.2, 0.25) is 0 Å². The zero-order chi connectivity index (χ0) is 13.0. The predicted octanol–water partition coefficient (Wildman–Crippen LogP) is 0.949. The first-order chi connectivity index (χ1) is 8.66. The Labute approximate surface area is 101 Å². The van der Waals surface area contributed by atoms with E-state index in [9.17, 15) is 9.59 Å². The van der Waals surface area contributed by atoms with E-state index < -0.39 is 11.9 Å². The van der Waals surface area contributed by atoms with Crippen LogP contribution in [-0.4, -0.2) is 27.0 Å². The lowest BCUT2D eigenvalue weighted by Crippen LogP contribution is -2.14. The minimum absolute atomic E-state index is 0.108. The monoisotopic (exact) mass is 247 g/mol. The summed E-state index contributed by atoms with van der Waals surface area (Å²) in [4.78, 5) is 29.9. The van der Waals surface area contributed by atoms with Gasteiger partial charge < -0.3 is 14.8 Å². The third kappa shape index (κ3) is 2.70. The molecule has 7 heteroatoms. The maximum absolute atomic E-state index is 11.9. The van der Waals surface area contributed by atoms with E-state index in [-0.39, 0.29) is 17.7 Å². The predicted molar refractivity (Wildman–Crippen MR) is 60.0 cm³/mol. The van der Waals surface area contributed by atoms with Crippen LogP contribution < -0.4 is 5.32 Å². The number of carbonyl (C=O) groups excluding carboxylic acids is 1. The lowest BCUT2D eigenvalue weighted by atomic mass is 10.2. The van der Waals surface area contributed by atoms with Crippen molar-refractivity contribution in [1.29, 1.82) is 0 Å². The third-order valence-corrected chi connectivity index (χ3v) is 2.12. The largest absolute Gasteiger partial charge is 0.481 e. The van der Waals surface area contributed by atoms with E-state index in [4.69, 9.17) is 9.52 Å². The van der Waals surface area contributed by atoms with Gasteiger partial charge in [-0.05, 0) is 6.07 Å². The standard InChI is InChI=1S/C11H9N3O4/c15-10(16)3-9-8(1-2-18-9)11(17)14-7-4-12-6-13-5-7/h1-2,4-6H,3H2,(H,14,17)(H,15,16).